The summed E-state index contributed by atoms with van der Waals surface area (Å²) in [4.78, 5) is 4.59. The molecule has 0 nitrogen and oxygen atoms in total. The first-order valence-electron chi connectivity index (χ1n) is 2.97. The molecule has 0 aliphatic carbocycles. The van der Waals surface area contributed by atoms with Gasteiger partial charge >= 0.3 is 31.0 Å². The fraction of sp³-hybridized carbons (Fsp3) is 1.00. The van der Waals surface area contributed by atoms with Gasteiger partial charge in [-0.05, 0) is 6.42 Å². The summed E-state index contributed by atoms with van der Waals surface area (Å²) in [6.07, 6.45) is 2.37. The first-order chi connectivity index (χ1) is 3.83. The molecule has 0 fully saturated rings. The first kappa shape index (κ1) is 16.8. The van der Waals surface area contributed by atoms with Crippen LogP contribution in [0.25, 0.3) is 0 Å². The molecule has 0 heterocycles. The Labute approximate surface area is 80.4 Å². The molecule has 9 heavy (non-hydrogen) atoms. The van der Waals surface area contributed by atoms with Crippen LogP contribution >= 0.6 is 24.0 Å². The second-order valence-electron chi connectivity index (χ2n) is 1.54. The SMILES string of the molecule is CCCCCl.Cl.[CH3][Sn][CH3]. The Morgan fingerprint density at radius 2 is 1.67 bits per heavy atom. The predicted molar refractivity (Wildman–Crippen MR) is 50.4 cm³/mol. The average molecular weight is 278 g/mol. The molecule has 0 aliphatic heterocycles. The summed E-state index contributed by atoms with van der Waals surface area (Å²) in [5.41, 5.74) is 0. The summed E-state index contributed by atoms with van der Waals surface area (Å²) in [7, 11) is 0. The van der Waals surface area contributed by atoms with Gasteiger partial charge in [-0.3, -0.25) is 0 Å². The van der Waals surface area contributed by atoms with Crippen LogP contribution in [0, 0.1) is 0 Å². The maximum atomic E-state index is 5.30. The van der Waals surface area contributed by atoms with Gasteiger partial charge < -0.3 is 0 Å². The zero-order valence-corrected chi connectivity index (χ0v) is 10.8. The standard InChI is InChI=1S/C4H9Cl.2CH3.ClH.Sn/c1-2-3-4-5;;;;/h2-4H2,1H3;2*1H3;1H;. The van der Waals surface area contributed by atoms with Crippen LogP contribution < -0.4 is 0 Å². The van der Waals surface area contributed by atoms with Crippen LogP contribution in [0.15, 0.2) is 0 Å². The van der Waals surface area contributed by atoms with E-state index >= 15 is 0 Å². The third-order valence-electron chi connectivity index (χ3n) is 0.487. The van der Waals surface area contributed by atoms with E-state index in [0.29, 0.717) is 0 Å². The quantitative estimate of drug-likeness (QED) is 0.537. The van der Waals surface area contributed by atoms with E-state index in [4.69, 9.17) is 11.6 Å². The van der Waals surface area contributed by atoms with Gasteiger partial charge in [0, 0.05) is 5.88 Å². The number of hydrogen-bond donors (Lipinski definition) is 0. The Morgan fingerprint density at radius 1 is 1.33 bits per heavy atom. The normalized spacial score (nSPS) is 6.67. The summed E-state index contributed by atoms with van der Waals surface area (Å²) in [5.74, 6) is 0.816. The number of alkyl halides is 1. The molecule has 0 aromatic rings. The molecule has 0 aromatic heterocycles. The minimum absolute atomic E-state index is 0. The molecule has 0 saturated heterocycles. The van der Waals surface area contributed by atoms with E-state index in [2.05, 4.69) is 16.8 Å². The van der Waals surface area contributed by atoms with Crippen LogP contribution in [0.2, 0.25) is 9.88 Å². The van der Waals surface area contributed by atoms with Crippen molar-refractivity contribution in [2.45, 2.75) is 29.6 Å². The Hall–Kier alpha value is 1.38. The van der Waals surface area contributed by atoms with Gasteiger partial charge in [-0.1, -0.05) is 13.3 Å². The van der Waals surface area contributed by atoms with Crippen LogP contribution in [0.1, 0.15) is 19.8 Å². The second kappa shape index (κ2) is 22.8. The Morgan fingerprint density at radius 3 is 1.67 bits per heavy atom. The molecule has 3 heteroatoms. The van der Waals surface area contributed by atoms with Gasteiger partial charge in [0.05, 0.1) is 0 Å². The number of rotatable bonds is 2. The fourth-order valence-electron chi connectivity index (χ4n) is 0.134. The third kappa shape index (κ3) is 44.7. The molecule has 58 valence electrons. The number of hydrogen-bond acceptors (Lipinski definition) is 0. The Balaban J connectivity index is -0.0000000800. The molecule has 0 bridgehead atoms. The summed E-state index contributed by atoms with van der Waals surface area (Å²) in [6.45, 7) is 2.13. The van der Waals surface area contributed by atoms with E-state index in [0.717, 1.165) is 12.3 Å². The number of unbranched alkanes of at least 4 members (excludes halogenated alkanes) is 1. The van der Waals surface area contributed by atoms with Gasteiger partial charge in [0.25, 0.3) is 0 Å². The molecular formula is C6H16Cl2Sn. The molecule has 0 spiro atoms. The van der Waals surface area contributed by atoms with Gasteiger partial charge in [0.1, 0.15) is 0 Å². The van der Waals surface area contributed by atoms with Crippen molar-refractivity contribution < 1.29 is 0 Å². The van der Waals surface area contributed by atoms with Gasteiger partial charge in [-0.25, -0.2) is 0 Å². The van der Waals surface area contributed by atoms with E-state index in [1.165, 1.54) is 6.42 Å². The van der Waals surface area contributed by atoms with E-state index < -0.39 is 0 Å². The molecule has 0 aromatic carbocycles. The van der Waals surface area contributed by atoms with Crippen LogP contribution in [0.3, 0.4) is 0 Å². The van der Waals surface area contributed by atoms with E-state index in [1.54, 1.807) is 0 Å². The molecule has 0 unspecified atom stereocenters. The zero-order valence-electron chi connectivity index (χ0n) is 6.41. The Bertz CT molecular complexity index is 25.0. The van der Waals surface area contributed by atoms with Gasteiger partial charge in [0.2, 0.25) is 0 Å². The molecule has 0 amide bonds. The monoisotopic (exact) mass is 278 g/mol. The van der Waals surface area contributed by atoms with Gasteiger partial charge in [0.15, 0.2) is 0 Å². The summed E-state index contributed by atoms with van der Waals surface area (Å²) >= 11 is 5.53. The van der Waals surface area contributed by atoms with Crippen LogP contribution in [-0.2, 0) is 0 Å². The molecule has 0 atom stereocenters. The summed E-state index contributed by atoms with van der Waals surface area (Å²) in [5, 5.41) is 0. The number of halogens is 2. The third-order valence-corrected chi connectivity index (χ3v) is 0.754. The summed E-state index contributed by atoms with van der Waals surface area (Å²) in [6, 6.07) is 0. The van der Waals surface area contributed by atoms with Crippen molar-refractivity contribution in [1.29, 1.82) is 0 Å². The second-order valence-corrected chi connectivity index (χ2v) is 4.77. The van der Waals surface area contributed by atoms with E-state index in [-0.39, 0.29) is 33.5 Å². The average Bonchev–Trinajstić information content (AvgIpc) is 1.71. The molecule has 2 radical (unpaired) electrons. The van der Waals surface area contributed by atoms with Gasteiger partial charge in [-0.2, -0.15) is 0 Å². The van der Waals surface area contributed by atoms with Crippen molar-refractivity contribution >= 4 is 45.2 Å². The predicted octanol–water partition coefficient (Wildman–Crippen LogP) is 3.23. The molecule has 0 saturated carbocycles. The maximum absolute atomic E-state index is 5.30. The first-order valence-corrected chi connectivity index (χ1v) is 9.22. The summed E-state index contributed by atoms with van der Waals surface area (Å²) < 4.78 is 0. The Kier molecular flexibility index (Phi) is 42.4. The molecular weight excluding hydrogens is 262 g/mol. The fourth-order valence-corrected chi connectivity index (χ4v) is 0.401. The van der Waals surface area contributed by atoms with Crippen molar-refractivity contribution in [2.24, 2.45) is 0 Å². The van der Waals surface area contributed by atoms with E-state index in [9.17, 15) is 0 Å². The van der Waals surface area contributed by atoms with Gasteiger partial charge in [-0.15, -0.1) is 24.0 Å². The van der Waals surface area contributed by atoms with Crippen LogP contribution in [-0.4, -0.2) is 27.0 Å². The minimum atomic E-state index is 0. The molecule has 0 aliphatic rings. The van der Waals surface area contributed by atoms with Crippen molar-refractivity contribution in [3.63, 3.8) is 0 Å². The van der Waals surface area contributed by atoms with Crippen molar-refractivity contribution in [2.75, 3.05) is 5.88 Å². The molecule has 0 rings (SSSR count). The van der Waals surface area contributed by atoms with Crippen LogP contribution in [0.5, 0.6) is 0 Å². The van der Waals surface area contributed by atoms with Crippen molar-refractivity contribution in [1.82, 2.24) is 0 Å². The molecule has 0 N–H and O–H groups in total. The van der Waals surface area contributed by atoms with E-state index in [1.807, 2.05) is 0 Å². The van der Waals surface area contributed by atoms with Crippen LogP contribution in [0.4, 0.5) is 0 Å². The topological polar surface area (TPSA) is 0 Å². The van der Waals surface area contributed by atoms with Crippen molar-refractivity contribution in [3.05, 3.63) is 0 Å². The zero-order chi connectivity index (χ0) is 6.83. The van der Waals surface area contributed by atoms with Crippen molar-refractivity contribution in [3.8, 4) is 0 Å².